The van der Waals surface area contributed by atoms with Gasteiger partial charge in [0.25, 0.3) is 20.2 Å². The van der Waals surface area contributed by atoms with Gasteiger partial charge in [-0.15, -0.1) is 0 Å². The first-order valence-electron chi connectivity index (χ1n) is 7.62. The predicted octanol–water partition coefficient (Wildman–Crippen LogP) is 0.659. The molecule has 2 aromatic rings. The second-order valence-corrected chi connectivity index (χ2v) is 8.44. The normalized spacial score (nSPS) is 11.1. The predicted molar refractivity (Wildman–Crippen MR) is 100 cm³/mol. The van der Waals surface area contributed by atoms with Crippen LogP contribution in [0.5, 0.6) is 0 Å². The second kappa shape index (κ2) is 9.52. The molecule has 0 aliphatic carbocycles. The Balaban J connectivity index is 0.000000320. The van der Waals surface area contributed by atoms with Crippen LogP contribution in [-0.4, -0.2) is 70.2 Å². The molecule has 32 heavy (non-hydrogen) atoms. The Morgan fingerprint density at radius 2 is 1.00 bits per heavy atom. The summed E-state index contributed by atoms with van der Waals surface area (Å²) in [6, 6.07) is 4.45. The van der Waals surface area contributed by atoms with Gasteiger partial charge in [-0.3, -0.25) is 9.11 Å². The zero-order chi connectivity index (χ0) is 25.0. The van der Waals surface area contributed by atoms with Gasteiger partial charge in [-0.1, -0.05) is 0 Å². The summed E-state index contributed by atoms with van der Waals surface area (Å²) in [5.41, 5.74) is -2.19. The second-order valence-electron chi connectivity index (χ2n) is 5.63. The van der Waals surface area contributed by atoms with Gasteiger partial charge in [-0.2, -0.15) is 16.8 Å². The molecule has 0 aliphatic rings. The van der Waals surface area contributed by atoms with Crippen molar-refractivity contribution in [3.63, 3.8) is 0 Å². The van der Waals surface area contributed by atoms with Crippen molar-refractivity contribution in [1.82, 2.24) is 0 Å². The largest absolute Gasteiger partial charge is 0.478 e. The van der Waals surface area contributed by atoms with E-state index in [0.29, 0.717) is 18.2 Å². The number of carboxylic acid groups (broad SMARTS) is 4. The third kappa shape index (κ3) is 6.84. The van der Waals surface area contributed by atoms with E-state index >= 15 is 0 Å². The van der Waals surface area contributed by atoms with E-state index in [1.54, 1.807) is 0 Å². The average Bonchev–Trinajstić information content (AvgIpc) is 2.66. The molecule has 2 aromatic carbocycles. The lowest BCUT2D eigenvalue weighted by molar-refractivity contribution is 0.0677. The van der Waals surface area contributed by atoms with E-state index in [2.05, 4.69) is 0 Å². The number of aromatic carboxylic acids is 4. The quantitative estimate of drug-likeness (QED) is 0.303. The fourth-order valence-electron chi connectivity index (χ4n) is 2.04. The van der Waals surface area contributed by atoms with Gasteiger partial charge in [-0.05, 0) is 36.4 Å². The fourth-order valence-corrected chi connectivity index (χ4v) is 3.30. The summed E-state index contributed by atoms with van der Waals surface area (Å²) < 4.78 is 60.6. The van der Waals surface area contributed by atoms with Crippen LogP contribution in [-0.2, 0) is 20.2 Å². The minimum absolute atomic E-state index is 0.433. The highest BCUT2D eigenvalue weighted by Gasteiger charge is 2.22. The first-order valence-corrected chi connectivity index (χ1v) is 10.5. The van der Waals surface area contributed by atoms with Gasteiger partial charge in [0.1, 0.15) is 4.90 Å². The molecule has 0 heterocycles. The number of rotatable bonds is 6. The highest BCUT2D eigenvalue weighted by atomic mass is 32.2. The van der Waals surface area contributed by atoms with E-state index in [9.17, 15) is 36.0 Å². The highest BCUT2D eigenvalue weighted by molar-refractivity contribution is 7.86. The molecule has 0 bridgehead atoms. The van der Waals surface area contributed by atoms with Crippen molar-refractivity contribution < 1.29 is 65.5 Å². The lowest BCUT2D eigenvalue weighted by Crippen LogP contribution is -2.10. The van der Waals surface area contributed by atoms with E-state index in [0.717, 1.165) is 18.2 Å². The topological polar surface area (TPSA) is 258 Å². The smallest absolute Gasteiger partial charge is 0.337 e. The van der Waals surface area contributed by atoms with Crippen LogP contribution in [0.2, 0.25) is 0 Å². The lowest BCUT2D eigenvalue weighted by atomic mass is 10.1. The number of benzene rings is 2. The third-order valence-corrected chi connectivity index (χ3v) is 5.16. The molecule has 0 spiro atoms. The molecular weight excluding hydrogens is 480 g/mol. The molecule has 0 radical (unpaired) electrons. The third-order valence-electron chi connectivity index (χ3n) is 3.44. The number of carbonyl (C=O) groups is 4. The summed E-state index contributed by atoms with van der Waals surface area (Å²) in [6.07, 6.45) is 0. The van der Waals surface area contributed by atoms with Crippen molar-refractivity contribution in [3.8, 4) is 0 Å². The van der Waals surface area contributed by atoms with E-state index in [4.69, 9.17) is 29.5 Å². The van der Waals surface area contributed by atoms with Crippen molar-refractivity contribution in [1.29, 1.82) is 0 Å². The molecular formula is C16H12O14S2. The maximum Gasteiger partial charge on any atom is 0.337 e. The number of hydrogen-bond acceptors (Lipinski definition) is 8. The molecule has 0 fully saturated rings. The Morgan fingerprint density at radius 3 is 1.31 bits per heavy atom. The minimum atomic E-state index is -4.78. The van der Waals surface area contributed by atoms with E-state index in [1.165, 1.54) is 0 Å². The van der Waals surface area contributed by atoms with E-state index in [-0.39, 0.29) is 0 Å². The summed E-state index contributed by atoms with van der Waals surface area (Å²) in [7, 11) is -9.42. The van der Waals surface area contributed by atoms with Crippen LogP contribution >= 0.6 is 0 Å². The molecule has 0 amide bonds. The van der Waals surface area contributed by atoms with E-state index < -0.39 is 76.2 Å². The number of carboxylic acids is 4. The molecule has 0 aliphatic heterocycles. The van der Waals surface area contributed by atoms with Gasteiger partial charge in [-0.25, -0.2) is 19.2 Å². The van der Waals surface area contributed by atoms with Crippen molar-refractivity contribution in [3.05, 3.63) is 58.7 Å². The molecule has 0 atom stereocenters. The SMILES string of the molecule is O=C(O)c1cc(C(=O)O)cc(S(=O)(=O)O)c1.O=C(O)c1ccc(C(=O)O)c(S(=O)(=O)O)c1. The number of hydrogen-bond donors (Lipinski definition) is 6. The zero-order valence-electron chi connectivity index (χ0n) is 15.2. The Labute approximate surface area is 178 Å². The summed E-state index contributed by atoms with van der Waals surface area (Å²) in [6.45, 7) is 0. The van der Waals surface area contributed by atoms with Crippen molar-refractivity contribution >= 4 is 44.1 Å². The van der Waals surface area contributed by atoms with Gasteiger partial charge in [0.05, 0.1) is 27.1 Å². The Bertz CT molecular complexity index is 1290. The van der Waals surface area contributed by atoms with E-state index in [1.807, 2.05) is 0 Å². The van der Waals surface area contributed by atoms with Crippen LogP contribution in [0.4, 0.5) is 0 Å². The molecule has 6 N–H and O–H groups in total. The maximum absolute atomic E-state index is 10.8. The highest BCUT2D eigenvalue weighted by Crippen LogP contribution is 2.18. The first-order chi connectivity index (χ1) is 14.4. The molecule has 0 unspecified atom stereocenters. The van der Waals surface area contributed by atoms with Gasteiger partial charge >= 0.3 is 23.9 Å². The van der Waals surface area contributed by atoms with Crippen molar-refractivity contribution in [2.75, 3.05) is 0 Å². The molecule has 14 nitrogen and oxygen atoms in total. The van der Waals surface area contributed by atoms with Crippen molar-refractivity contribution in [2.24, 2.45) is 0 Å². The Morgan fingerprint density at radius 1 is 0.562 bits per heavy atom. The summed E-state index contributed by atoms with van der Waals surface area (Å²) in [4.78, 5) is 40.6. The van der Waals surface area contributed by atoms with Crippen LogP contribution in [0.1, 0.15) is 41.4 Å². The lowest BCUT2D eigenvalue weighted by Gasteiger charge is -2.03. The molecule has 0 saturated carbocycles. The monoisotopic (exact) mass is 492 g/mol. The molecule has 2 rings (SSSR count). The van der Waals surface area contributed by atoms with Crippen LogP contribution in [0, 0.1) is 0 Å². The molecule has 172 valence electrons. The van der Waals surface area contributed by atoms with Gasteiger partial charge < -0.3 is 20.4 Å². The average molecular weight is 492 g/mol. The van der Waals surface area contributed by atoms with Crippen LogP contribution in [0.15, 0.2) is 46.2 Å². The van der Waals surface area contributed by atoms with Gasteiger partial charge in [0.15, 0.2) is 0 Å². The standard InChI is InChI=1S/2C8H6O7S/c9-7(10)4-1-5(8(11)12)3-6(2-4)16(13,14)15;9-7(10)4-1-2-5(8(11)12)6(3-4)16(13,14)15/h2*1-3H,(H,9,10)(H,11,12)(H,13,14,15). The summed E-state index contributed by atoms with van der Waals surface area (Å²) >= 11 is 0. The molecule has 16 heteroatoms. The molecule has 0 saturated heterocycles. The van der Waals surface area contributed by atoms with Gasteiger partial charge in [0, 0.05) is 0 Å². The first kappa shape index (κ1) is 26.2. The minimum Gasteiger partial charge on any atom is -0.478 e. The summed E-state index contributed by atoms with van der Waals surface area (Å²) in [5.74, 6) is -5.99. The van der Waals surface area contributed by atoms with Gasteiger partial charge in [0.2, 0.25) is 0 Å². The fraction of sp³-hybridized carbons (Fsp3) is 0. The van der Waals surface area contributed by atoms with Crippen LogP contribution in [0.3, 0.4) is 0 Å². The Hall–Kier alpha value is -3.86. The molecule has 0 aromatic heterocycles. The van der Waals surface area contributed by atoms with Crippen LogP contribution < -0.4 is 0 Å². The Kier molecular flexibility index (Phi) is 7.79. The van der Waals surface area contributed by atoms with Crippen molar-refractivity contribution in [2.45, 2.75) is 9.79 Å². The van der Waals surface area contributed by atoms with Crippen LogP contribution in [0.25, 0.3) is 0 Å². The zero-order valence-corrected chi connectivity index (χ0v) is 16.9. The summed E-state index contributed by atoms with van der Waals surface area (Å²) in [5, 5.41) is 34.4. The maximum atomic E-state index is 10.8.